The molecule has 1 fully saturated rings. The highest BCUT2D eigenvalue weighted by Gasteiger charge is 2.43. The second-order valence-electron chi connectivity index (χ2n) is 4.56. The number of nitrogens with one attached hydrogen (secondary N) is 1. The fourth-order valence-electron chi connectivity index (χ4n) is 1.88. The number of carbonyl (C=O) groups excluding carboxylic acids is 2. The number of nitrogens with two attached hydrogens (primary N) is 1. The molecule has 2 atom stereocenters. The first kappa shape index (κ1) is 13.9. The molecule has 1 saturated heterocycles. The van der Waals surface area contributed by atoms with Crippen LogP contribution < -0.4 is 11.1 Å². The fourth-order valence-corrected chi connectivity index (χ4v) is 1.88. The van der Waals surface area contributed by atoms with E-state index in [4.69, 9.17) is 15.2 Å². The Labute approximate surface area is 101 Å². The van der Waals surface area contributed by atoms with Gasteiger partial charge in [-0.15, -0.1) is 0 Å². The Kier molecular flexibility index (Phi) is 4.47. The van der Waals surface area contributed by atoms with Gasteiger partial charge in [0.05, 0.1) is 6.10 Å². The highest BCUT2D eigenvalue weighted by Crippen LogP contribution is 2.30. The largest absolute Gasteiger partial charge is 0.367 e. The molecule has 17 heavy (non-hydrogen) atoms. The maximum Gasteiger partial charge on any atom is 0.249 e. The minimum Gasteiger partial charge on any atom is -0.367 e. The van der Waals surface area contributed by atoms with Crippen LogP contribution in [0.1, 0.15) is 33.1 Å². The van der Waals surface area contributed by atoms with Gasteiger partial charge in [0, 0.05) is 13.5 Å². The molecule has 0 spiro atoms. The maximum absolute atomic E-state index is 11.2. The summed E-state index contributed by atoms with van der Waals surface area (Å²) in [5, 5.41) is 2.54. The zero-order valence-corrected chi connectivity index (χ0v) is 10.5. The lowest BCUT2D eigenvalue weighted by Gasteiger charge is -2.16. The Balaban J connectivity index is 2.45. The first-order valence-electron chi connectivity index (χ1n) is 5.71. The molecule has 0 radical (unpaired) electrons. The summed E-state index contributed by atoms with van der Waals surface area (Å²) < 4.78 is 11.0. The predicted molar refractivity (Wildman–Crippen MR) is 60.9 cm³/mol. The fraction of sp³-hybridized carbons (Fsp3) is 0.818. The first-order valence-corrected chi connectivity index (χ1v) is 5.71. The van der Waals surface area contributed by atoms with Gasteiger partial charge in [-0.25, -0.2) is 0 Å². The van der Waals surface area contributed by atoms with Gasteiger partial charge < -0.3 is 20.5 Å². The van der Waals surface area contributed by atoms with Crippen LogP contribution >= 0.6 is 0 Å². The minimum atomic E-state index is -0.794. The number of rotatable bonds is 5. The second-order valence-corrected chi connectivity index (χ2v) is 4.56. The summed E-state index contributed by atoms with van der Waals surface area (Å²) in [7, 11) is 1.59. The van der Waals surface area contributed by atoms with E-state index in [2.05, 4.69) is 5.32 Å². The Morgan fingerprint density at radius 3 is 2.53 bits per heavy atom. The average Bonchev–Trinajstić information content (AvgIpc) is 2.54. The molecule has 0 unspecified atom stereocenters. The molecular weight excluding hydrogens is 224 g/mol. The first-order chi connectivity index (χ1) is 7.85. The van der Waals surface area contributed by atoms with Crippen LogP contribution in [0.2, 0.25) is 0 Å². The van der Waals surface area contributed by atoms with Crippen molar-refractivity contribution >= 4 is 11.8 Å². The molecule has 1 heterocycles. The number of ether oxygens (including phenoxy) is 2. The van der Waals surface area contributed by atoms with E-state index in [0.717, 1.165) is 0 Å². The van der Waals surface area contributed by atoms with Crippen molar-refractivity contribution in [3.63, 3.8) is 0 Å². The average molecular weight is 244 g/mol. The van der Waals surface area contributed by atoms with E-state index in [1.54, 1.807) is 20.9 Å². The number of carbonyl (C=O) groups is 2. The molecule has 0 aromatic rings. The number of hydrogen-bond donors (Lipinski definition) is 2. The highest BCUT2D eigenvalue weighted by atomic mass is 16.8. The highest BCUT2D eigenvalue weighted by molar-refractivity contribution is 5.80. The lowest BCUT2D eigenvalue weighted by atomic mass is 10.1. The molecule has 98 valence electrons. The van der Waals surface area contributed by atoms with Crippen LogP contribution in [0.25, 0.3) is 0 Å². The number of hydrogen-bond acceptors (Lipinski definition) is 4. The number of primary amides is 1. The van der Waals surface area contributed by atoms with Crippen LogP contribution in [0.4, 0.5) is 0 Å². The van der Waals surface area contributed by atoms with E-state index >= 15 is 0 Å². The summed E-state index contributed by atoms with van der Waals surface area (Å²) in [5.41, 5.74) is 5.24. The van der Waals surface area contributed by atoms with Gasteiger partial charge in [0.25, 0.3) is 0 Å². The molecular formula is C11H20N2O4. The van der Waals surface area contributed by atoms with E-state index in [1.807, 2.05) is 0 Å². The van der Waals surface area contributed by atoms with E-state index in [1.165, 1.54) is 0 Å². The van der Waals surface area contributed by atoms with E-state index in [0.29, 0.717) is 19.3 Å². The predicted octanol–water partition coefficient (Wildman–Crippen LogP) is -0.0919. The lowest BCUT2D eigenvalue weighted by Crippen LogP contribution is -2.37. The molecule has 6 heteroatoms. The summed E-state index contributed by atoms with van der Waals surface area (Å²) >= 11 is 0. The lowest BCUT2D eigenvalue weighted by molar-refractivity contribution is -0.154. The third-order valence-corrected chi connectivity index (χ3v) is 2.64. The van der Waals surface area contributed by atoms with Gasteiger partial charge in [0.1, 0.15) is 0 Å². The van der Waals surface area contributed by atoms with E-state index in [9.17, 15) is 9.59 Å². The molecule has 0 aromatic carbocycles. The minimum absolute atomic E-state index is 0.0289. The second kappa shape index (κ2) is 5.46. The molecule has 3 N–H and O–H groups in total. The standard InChI is InChI=1S/C11H20N2O4/c1-11(2)16-7(9(17-11)10(12)15)5-4-6-8(14)13-3/h7,9H,4-6H2,1-3H3,(H2,12,15)(H,13,14)/t7-,9-/m1/s1. The summed E-state index contributed by atoms with van der Waals surface area (Å²) in [4.78, 5) is 22.2. The summed E-state index contributed by atoms with van der Waals surface area (Å²) in [5.74, 6) is -1.35. The number of amides is 2. The van der Waals surface area contributed by atoms with Gasteiger partial charge >= 0.3 is 0 Å². The van der Waals surface area contributed by atoms with Crippen molar-refractivity contribution in [3.8, 4) is 0 Å². The van der Waals surface area contributed by atoms with Gasteiger partial charge in [-0.1, -0.05) is 0 Å². The monoisotopic (exact) mass is 244 g/mol. The third kappa shape index (κ3) is 3.98. The van der Waals surface area contributed by atoms with Crippen LogP contribution in [0.3, 0.4) is 0 Å². The van der Waals surface area contributed by atoms with Crippen LogP contribution in [0.15, 0.2) is 0 Å². The van der Waals surface area contributed by atoms with Crippen molar-refractivity contribution in [1.82, 2.24) is 5.32 Å². The Hall–Kier alpha value is -1.14. The molecule has 0 saturated carbocycles. The zero-order valence-electron chi connectivity index (χ0n) is 10.5. The SMILES string of the molecule is CNC(=O)CCC[C@H]1OC(C)(C)O[C@H]1C(N)=O. The van der Waals surface area contributed by atoms with Crippen LogP contribution in [0.5, 0.6) is 0 Å². The molecule has 0 bridgehead atoms. The normalized spacial score (nSPS) is 26.8. The molecule has 1 aliphatic heterocycles. The molecule has 1 rings (SSSR count). The zero-order chi connectivity index (χ0) is 13.1. The summed E-state index contributed by atoms with van der Waals surface area (Å²) in [6, 6.07) is 0. The van der Waals surface area contributed by atoms with Gasteiger partial charge in [-0.3, -0.25) is 9.59 Å². The molecule has 0 aromatic heterocycles. The summed E-state index contributed by atoms with van der Waals surface area (Å²) in [6.07, 6.45) is 0.516. The molecule has 2 amide bonds. The van der Waals surface area contributed by atoms with Gasteiger partial charge in [0.15, 0.2) is 11.9 Å². The third-order valence-electron chi connectivity index (χ3n) is 2.64. The van der Waals surface area contributed by atoms with Crippen molar-refractivity contribution in [2.75, 3.05) is 7.05 Å². The summed E-state index contributed by atoms with van der Waals surface area (Å²) in [6.45, 7) is 3.48. The van der Waals surface area contributed by atoms with Crippen molar-refractivity contribution in [2.45, 2.75) is 51.1 Å². The van der Waals surface area contributed by atoms with Crippen LogP contribution in [0, 0.1) is 0 Å². The quantitative estimate of drug-likeness (QED) is 0.707. The van der Waals surface area contributed by atoms with Crippen molar-refractivity contribution in [2.24, 2.45) is 5.73 Å². The molecule has 1 aliphatic rings. The van der Waals surface area contributed by atoms with Gasteiger partial charge in [0.2, 0.25) is 11.8 Å². The van der Waals surface area contributed by atoms with E-state index in [-0.39, 0.29) is 12.0 Å². The maximum atomic E-state index is 11.2. The Morgan fingerprint density at radius 2 is 2.00 bits per heavy atom. The van der Waals surface area contributed by atoms with Crippen LogP contribution in [-0.4, -0.2) is 36.9 Å². The van der Waals surface area contributed by atoms with Crippen LogP contribution in [-0.2, 0) is 19.1 Å². The van der Waals surface area contributed by atoms with Gasteiger partial charge in [-0.05, 0) is 26.7 Å². The molecule has 0 aliphatic carbocycles. The van der Waals surface area contributed by atoms with Crippen molar-refractivity contribution < 1.29 is 19.1 Å². The topological polar surface area (TPSA) is 90.7 Å². The molecule has 6 nitrogen and oxygen atoms in total. The van der Waals surface area contributed by atoms with E-state index < -0.39 is 17.8 Å². The van der Waals surface area contributed by atoms with Crippen molar-refractivity contribution in [3.05, 3.63) is 0 Å². The van der Waals surface area contributed by atoms with Gasteiger partial charge in [-0.2, -0.15) is 0 Å². The Bertz CT molecular complexity index is 304. The van der Waals surface area contributed by atoms with Crippen molar-refractivity contribution in [1.29, 1.82) is 0 Å². The Morgan fingerprint density at radius 1 is 1.35 bits per heavy atom. The smallest absolute Gasteiger partial charge is 0.249 e.